The van der Waals surface area contributed by atoms with E-state index in [0.29, 0.717) is 16.9 Å². The van der Waals surface area contributed by atoms with Crippen LogP contribution in [0.2, 0.25) is 0 Å². The topological polar surface area (TPSA) is 32.3 Å². The molecule has 2 N–H and O–H groups in total. The van der Waals surface area contributed by atoms with Gasteiger partial charge in [-0.1, -0.05) is 47.5 Å². The highest BCUT2D eigenvalue weighted by atomic mass is 16.3. The highest BCUT2D eigenvalue weighted by Crippen LogP contribution is 2.51. The molecule has 170 valence electrons. The van der Waals surface area contributed by atoms with Gasteiger partial charge in [0.2, 0.25) is 0 Å². The Morgan fingerprint density at radius 3 is 1.86 bits per heavy atom. The Morgan fingerprint density at radius 2 is 1.31 bits per heavy atom. The number of rotatable bonds is 7. The van der Waals surface area contributed by atoms with Crippen molar-refractivity contribution in [1.82, 2.24) is 5.32 Å². The quantitative estimate of drug-likeness (QED) is 0.480. The Bertz CT molecular complexity index is 531. The van der Waals surface area contributed by atoms with Gasteiger partial charge in [-0.15, -0.1) is 0 Å². The molecule has 0 aliphatic heterocycles. The summed E-state index contributed by atoms with van der Waals surface area (Å²) in [4.78, 5) is 0. The fraction of sp³-hybridized carbons (Fsp3) is 1.00. The van der Waals surface area contributed by atoms with Gasteiger partial charge in [-0.25, -0.2) is 0 Å². The molecule has 0 saturated heterocycles. The molecule has 0 aromatic rings. The minimum absolute atomic E-state index is 0.132. The van der Waals surface area contributed by atoms with E-state index in [1.54, 1.807) is 0 Å². The van der Waals surface area contributed by atoms with Crippen LogP contribution in [-0.2, 0) is 0 Å². The molecule has 6 unspecified atom stereocenters. The zero-order chi connectivity index (χ0) is 21.4. The molecular weight excluding hydrogens is 354 g/mol. The van der Waals surface area contributed by atoms with Crippen molar-refractivity contribution in [2.24, 2.45) is 34.5 Å². The Kier molecular flexibility index (Phi) is 7.16. The molecule has 29 heavy (non-hydrogen) atoms. The summed E-state index contributed by atoms with van der Waals surface area (Å²) < 4.78 is 0. The van der Waals surface area contributed by atoms with E-state index in [2.05, 4.69) is 53.8 Å². The summed E-state index contributed by atoms with van der Waals surface area (Å²) in [5, 5.41) is 14.0. The van der Waals surface area contributed by atoms with E-state index < -0.39 is 0 Å². The lowest BCUT2D eigenvalue weighted by Crippen LogP contribution is -2.49. The van der Waals surface area contributed by atoms with Crippen molar-refractivity contribution in [1.29, 1.82) is 0 Å². The van der Waals surface area contributed by atoms with Crippen molar-refractivity contribution in [3.63, 3.8) is 0 Å². The van der Waals surface area contributed by atoms with Gasteiger partial charge in [-0.05, 0) is 106 Å². The van der Waals surface area contributed by atoms with Gasteiger partial charge in [0.15, 0.2) is 0 Å². The van der Waals surface area contributed by atoms with E-state index in [1.807, 2.05) is 0 Å². The van der Waals surface area contributed by atoms with Crippen LogP contribution in [0.5, 0.6) is 0 Å². The lowest BCUT2D eigenvalue weighted by molar-refractivity contribution is 0.123. The first kappa shape index (κ1) is 23.6. The van der Waals surface area contributed by atoms with E-state index in [0.717, 1.165) is 36.5 Å². The highest BCUT2D eigenvalue weighted by molar-refractivity contribution is 4.95. The molecular formula is C27H51NO. The molecule has 6 atom stereocenters. The van der Waals surface area contributed by atoms with E-state index in [9.17, 15) is 5.11 Å². The molecule has 0 radical (unpaired) electrons. The zero-order valence-electron chi connectivity index (χ0n) is 20.7. The first-order valence-electron chi connectivity index (χ1n) is 12.8. The second kappa shape index (κ2) is 8.81. The van der Waals surface area contributed by atoms with Gasteiger partial charge in [0, 0.05) is 11.6 Å². The first-order valence-corrected chi connectivity index (χ1v) is 12.8. The van der Waals surface area contributed by atoms with Gasteiger partial charge in [-0.3, -0.25) is 0 Å². The number of aliphatic hydroxyl groups is 1. The molecule has 0 spiro atoms. The lowest BCUT2D eigenvalue weighted by atomic mass is 9.70. The number of aliphatic hydroxyl groups excluding tert-OH is 1. The maximum absolute atomic E-state index is 10.2. The average Bonchev–Trinajstić information content (AvgIpc) is 3.29. The monoisotopic (exact) mass is 405 g/mol. The van der Waals surface area contributed by atoms with Crippen LogP contribution in [0, 0.1) is 34.5 Å². The normalized spacial score (nSPS) is 36.8. The molecule has 0 heterocycles. The van der Waals surface area contributed by atoms with E-state index in [-0.39, 0.29) is 11.6 Å². The third-order valence-corrected chi connectivity index (χ3v) is 9.08. The third kappa shape index (κ3) is 6.22. The lowest BCUT2D eigenvalue weighted by Gasteiger charge is -2.36. The van der Waals surface area contributed by atoms with Gasteiger partial charge < -0.3 is 10.4 Å². The SMILES string of the molecule is CC(C)(CC1CCC(C(C)(C)CC2CCC(C(C)(C)C)C2)C1)NC1CCCC1O. The van der Waals surface area contributed by atoms with Gasteiger partial charge in [0.25, 0.3) is 0 Å². The summed E-state index contributed by atoms with van der Waals surface area (Å²) in [6, 6.07) is 0.316. The standard InChI is InChI=1S/C27H51NO/c1-25(2,3)21-13-11-19(15-21)17-26(4,5)22-14-12-20(16-22)18-27(6,7)28-23-9-8-10-24(23)29/h19-24,28-29H,8-18H2,1-7H3. The highest BCUT2D eigenvalue weighted by Gasteiger charge is 2.42. The molecule has 3 rings (SSSR count). The predicted molar refractivity (Wildman–Crippen MR) is 125 cm³/mol. The van der Waals surface area contributed by atoms with Crippen LogP contribution >= 0.6 is 0 Å². The Hall–Kier alpha value is -0.0800. The van der Waals surface area contributed by atoms with Crippen molar-refractivity contribution in [2.75, 3.05) is 0 Å². The summed E-state index contributed by atoms with van der Waals surface area (Å²) >= 11 is 0. The molecule has 0 amide bonds. The number of nitrogens with one attached hydrogen (secondary N) is 1. The molecule has 2 heteroatoms. The maximum atomic E-state index is 10.2. The molecule has 3 aliphatic rings. The summed E-state index contributed by atoms with van der Waals surface area (Å²) in [7, 11) is 0. The van der Waals surface area contributed by atoms with E-state index in [1.165, 1.54) is 57.8 Å². The van der Waals surface area contributed by atoms with Gasteiger partial charge in [-0.2, -0.15) is 0 Å². The van der Waals surface area contributed by atoms with Crippen LogP contribution < -0.4 is 5.32 Å². The van der Waals surface area contributed by atoms with Crippen molar-refractivity contribution in [3.05, 3.63) is 0 Å². The van der Waals surface area contributed by atoms with Crippen LogP contribution in [0.25, 0.3) is 0 Å². The van der Waals surface area contributed by atoms with Gasteiger partial charge >= 0.3 is 0 Å². The maximum Gasteiger partial charge on any atom is 0.0693 e. The molecule has 0 aromatic heterocycles. The molecule has 2 nitrogen and oxygen atoms in total. The smallest absolute Gasteiger partial charge is 0.0693 e. The Morgan fingerprint density at radius 1 is 0.724 bits per heavy atom. The summed E-state index contributed by atoms with van der Waals surface area (Å²) in [5.74, 6) is 3.63. The minimum Gasteiger partial charge on any atom is -0.392 e. The average molecular weight is 406 g/mol. The van der Waals surface area contributed by atoms with Crippen molar-refractivity contribution in [3.8, 4) is 0 Å². The molecule has 3 aliphatic carbocycles. The summed E-state index contributed by atoms with van der Waals surface area (Å²) in [6.07, 6.45) is 14.5. The summed E-state index contributed by atoms with van der Waals surface area (Å²) in [5.41, 5.74) is 1.12. The first-order chi connectivity index (χ1) is 13.4. The van der Waals surface area contributed by atoms with Crippen LogP contribution in [0.3, 0.4) is 0 Å². The Labute approximate surface area is 182 Å². The second-order valence-corrected chi connectivity index (χ2v) is 13.6. The number of hydrogen-bond acceptors (Lipinski definition) is 2. The molecule has 3 fully saturated rings. The third-order valence-electron chi connectivity index (χ3n) is 9.08. The second-order valence-electron chi connectivity index (χ2n) is 13.6. The van der Waals surface area contributed by atoms with Crippen LogP contribution in [-0.4, -0.2) is 22.8 Å². The summed E-state index contributed by atoms with van der Waals surface area (Å²) in [6.45, 7) is 17.2. The minimum atomic E-state index is -0.132. The zero-order valence-corrected chi connectivity index (χ0v) is 20.7. The van der Waals surface area contributed by atoms with E-state index >= 15 is 0 Å². The Balaban J connectivity index is 1.48. The largest absolute Gasteiger partial charge is 0.392 e. The van der Waals surface area contributed by atoms with Crippen LogP contribution in [0.15, 0.2) is 0 Å². The number of hydrogen-bond donors (Lipinski definition) is 2. The van der Waals surface area contributed by atoms with Crippen molar-refractivity contribution in [2.45, 2.75) is 137 Å². The van der Waals surface area contributed by atoms with Crippen LogP contribution in [0.1, 0.15) is 119 Å². The van der Waals surface area contributed by atoms with Gasteiger partial charge in [0.1, 0.15) is 0 Å². The fourth-order valence-electron chi connectivity index (χ4n) is 7.32. The van der Waals surface area contributed by atoms with Gasteiger partial charge in [0.05, 0.1) is 6.10 Å². The predicted octanol–water partition coefficient (Wildman–Crippen LogP) is 6.95. The van der Waals surface area contributed by atoms with Crippen LogP contribution in [0.4, 0.5) is 0 Å². The van der Waals surface area contributed by atoms with E-state index in [4.69, 9.17) is 0 Å². The van der Waals surface area contributed by atoms with Crippen molar-refractivity contribution >= 4 is 0 Å². The molecule has 3 saturated carbocycles. The molecule has 0 aromatic carbocycles. The molecule has 0 bridgehead atoms. The van der Waals surface area contributed by atoms with Crippen molar-refractivity contribution < 1.29 is 5.11 Å². The fourth-order valence-corrected chi connectivity index (χ4v) is 7.32.